The van der Waals surface area contributed by atoms with E-state index in [0.29, 0.717) is 16.1 Å². The molecule has 1 aliphatic carbocycles. The molecule has 0 amide bonds. The zero-order valence-electron chi connectivity index (χ0n) is 9.40. The van der Waals surface area contributed by atoms with Gasteiger partial charge in [0.2, 0.25) is 0 Å². The molecule has 2 rings (SSSR count). The standard InChI is InChI=1S/C13H13ClFN/c1-8-10(13(7-16)4-3-5-13)6-11(14)9(2)12(8)15/h6H,3-5H2,1-2H3. The van der Waals surface area contributed by atoms with Crippen LogP contribution in [-0.4, -0.2) is 0 Å². The van der Waals surface area contributed by atoms with Gasteiger partial charge in [-0.25, -0.2) is 4.39 Å². The molecule has 0 aliphatic heterocycles. The van der Waals surface area contributed by atoms with Gasteiger partial charge in [0.25, 0.3) is 0 Å². The molecular formula is C13H13ClFN. The summed E-state index contributed by atoms with van der Waals surface area (Å²) in [5, 5.41) is 9.67. The van der Waals surface area contributed by atoms with Crippen LogP contribution in [0.4, 0.5) is 4.39 Å². The van der Waals surface area contributed by atoms with E-state index < -0.39 is 5.41 Å². The molecule has 1 aromatic rings. The Hall–Kier alpha value is -1.07. The monoisotopic (exact) mass is 237 g/mol. The molecule has 16 heavy (non-hydrogen) atoms. The number of nitrogens with zero attached hydrogens (tertiary/aromatic N) is 1. The fourth-order valence-electron chi connectivity index (χ4n) is 2.32. The van der Waals surface area contributed by atoms with Crippen molar-refractivity contribution in [1.82, 2.24) is 0 Å². The van der Waals surface area contributed by atoms with E-state index in [9.17, 15) is 9.65 Å². The second-order valence-electron chi connectivity index (χ2n) is 4.52. The molecule has 0 spiro atoms. The summed E-state index contributed by atoms with van der Waals surface area (Å²) < 4.78 is 13.9. The van der Waals surface area contributed by atoms with Gasteiger partial charge in [-0.1, -0.05) is 11.6 Å². The maximum Gasteiger partial charge on any atom is 0.130 e. The van der Waals surface area contributed by atoms with Crippen molar-refractivity contribution in [3.05, 3.63) is 33.6 Å². The van der Waals surface area contributed by atoms with Crippen LogP contribution in [0.5, 0.6) is 0 Å². The average molecular weight is 238 g/mol. The second kappa shape index (κ2) is 3.75. The van der Waals surface area contributed by atoms with E-state index in [2.05, 4.69) is 6.07 Å². The van der Waals surface area contributed by atoms with Crippen molar-refractivity contribution in [2.24, 2.45) is 0 Å². The molecule has 84 valence electrons. The summed E-state index contributed by atoms with van der Waals surface area (Å²) in [4.78, 5) is 0. The van der Waals surface area contributed by atoms with Gasteiger partial charge in [0.1, 0.15) is 5.82 Å². The highest BCUT2D eigenvalue weighted by Gasteiger charge is 2.41. The summed E-state index contributed by atoms with van der Waals surface area (Å²) in [6.07, 6.45) is 2.65. The molecule has 3 heteroatoms. The minimum absolute atomic E-state index is 0.274. The van der Waals surface area contributed by atoms with E-state index >= 15 is 0 Å². The van der Waals surface area contributed by atoms with Crippen LogP contribution in [-0.2, 0) is 5.41 Å². The highest BCUT2D eigenvalue weighted by Crippen LogP contribution is 2.46. The molecule has 1 fully saturated rings. The minimum Gasteiger partial charge on any atom is -0.206 e. The minimum atomic E-state index is -0.498. The zero-order valence-corrected chi connectivity index (χ0v) is 10.2. The Morgan fingerprint density at radius 3 is 2.44 bits per heavy atom. The van der Waals surface area contributed by atoms with Crippen molar-refractivity contribution in [3.63, 3.8) is 0 Å². The molecule has 0 saturated heterocycles. The Bertz CT molecular complexity index is 484. The summed E-state index contributed by atoms with van der Waals surface area (Å²) in [7, 11) is 0. The van der Waals surface area contributed by atoms with Crippen molar-refractivity contribution in [3.8, 4) is 6.07 Å². The number of nitriles is 1. The topological polar surface area (TPSA) is 23.8 Å². The van der Waals surface area contributed by atoms with E-state index in [4.69, 9.17) is 11.6 Å². The number of rotatable bonds is 1. The normalized spacial score (nSPS) is 17.7. The highest BCUT2D eigenvalue weighted by atomic mass is 35.5. The van der Waals surface area contributed by atoms with Gasteiger partial charge in [0, 0.05) is 10.6 Å². The quantitative estimate of drug-likeness (QED) is 0.723. The molecule has 0 radical (unpaired) electrons. The van der Waals surface area contributed by atoms with Gasteiger partial charge in [-0.3, -0.25) is 0 Å². The van der Waals surface area contributed by atoms with E-state index in [1.807, 2.05) is 0 Å². The van der Waals surface area contributed by atoms with Gasteiger partial charge >= 0.3 is 0 Å². The lowest BCUT2D eigenvalue weighted by atomic mass is 9.64. The number of hydrogen-bond acceptors (Lipinski definition) is 1. The van der Waals surface area contributed by atoms with Crippen LogP contribution < -0.4 is 0 Å². The van der Waals surface area contributed by atoms with Crippen molar-refractivity contribution < 1.29 is 4.39 Å². The Balaban J connectivity index is 2.63. The maximum atomic E-state index is 13.9. The Morgan fingerprint density at radius 1 is 1.38 bits per heavy atom. The largest absolute Gasteiger partial charge is 0.206 e. The van der Waals surface area contributed by atoms with Gasteiger partial charge in [-0.05, 0) is 50.3 Å². The highest BCUT2D eigenvalue weighted by molar-refractivity contribution is 6.31. The van der Waals surface area contributed by atoms with Crippen LogP contribution in [0.1, 0.15) is 36.0 Å². The van der Waals surface area contributed by atoms with Crippen molar-refractivity contribution in [1.29, 1.82) is 5.26 Å². The molecular weight excluding hydrogens is 225 g/mol. The van der Waals surface area contributed by atoms with E-state index in [-0.39, 0.29) is 5.82 Å². The lowest BCUT2D eigenvalue weighted by molar-refractivity contribution is 0.321. The van der Waals surface area contributed by atoms with E-state index in [1.54, 1.807) is 19.9 Å². The van der Waals surface area contributed by atoms with E-state index in [0.717, 1.165) is 24.8 Å². The van der Waals surface area contributed by atoms with Crippen LogP contribution in [0.2, 0.25) is 5.02 Å². The van der Waals surface area contributed by atoms with Crippen LogP contribution in [0, 0.1) is 31.0 Å². The predicted molar refractivity (Wildman–Crippen MR) is 62.0 cm³/mol. The number of benzene rings is 1. The predicted octanol–water partition coefficient (Wildman–Crippen LogP) is 4.04. The van der Waals surface area contributed by atoms with Gasteiger partial charge < -0.3 is 0 Å². The third-order valence-corrected chi connectivity index (χ3v) is 4.02. The van der Waals surface area contributed by atoms with E-state index in [1.165, 1.54) is 0 Å². The van der Waals surface area contributed by atoms with Crippen molar-refractivity contribution in [2.45, 2.75) is 38.5 Å². The molecule has 0 bridgehead atoms. The summed E-state index contributed by atoms with van der Waals surface area (Å²) in [5.74, 6) is -0.274. The van der Waals surface area contributed by atoms with Crippen LogP contribution in [0.25, 0.3) is 0 Å². The fourth-order valence-corrected chi connectivity index (χ4v) is 2.51. The summed E-state index contributed by atoms with van der Waals surface area (Å²) in [6, 6.07) is 4.08. The Labute approximate surface area is 99.8 Å². The Kier molecular flexibility index (Phi) is 2.67. The summed E-state index contributed by atoms with van der Waals surface area (Å²) in [6.45, 7) is 3.39. The molecule has 1 saturated carbocycles. The Morgan fingerprint density at radius 2 is 2.00 bits per heavy atom. The molecule has 1 aromatic carbocycles. The van der Waals surface area contributed by atoms with Gasteiger partial charge in [0.05, 0.1) is 11.5 Å². The number of halogens is 2. The van der Waals surface area contributed by atoms with Crippen LogP contribution in [0.15, 0.2) is 6.07 Å². The first kappa shape index (κ1) is 11.4. The second-order valence-corrected chi connectivity index (χ2v) is 4.92. The maximum absolute atomic E-state index is 13.9. The third kappa shape index (κ3) is 1.43. The fraction of sp³-hybridized carbons (Fsp3) is 0.462. The molecule has 0 atom stereocenters. The average Bonchev–Trinajstić information content (AvgIpc) is 2.21. The van der Waals surface area contributed by atoms with Gasteiger partial charge in [-0.2, -0.15) is 5.26 Å². The lowest BCUT2D eigenvalue weighted by Crippen LogP contribution is -2.33. The molecule has 0 heterocycles. The van der Waals surface area contributed by atoms with Crippen LogP contribution in [0.3, 0.4) is 0 Å². The molecule has 1 aliphatic rings. The summed E-state index contributed by atoms with van der Waals surface area (Å²) in [5.41, 5.74) is 1.32. The van der Waals surface area contributed by atoms with Crippen molar-refractivity contribution in [2.75, 3.05) is 0 Å². The summed E-state index contributed by atoms with van der Waals surface area (Å²) >= 11 is 5.99. The SMILES string of the molecule is Cc1c(Cl)cc(C2(C#N)CCC2)c(C)c1F. The molecule has 1 nitrogen and oxygen atoms in total. The lowest BCUT2D eigenvalue weighted by Gasteiger charge is -2.37. The first-order valence-corrected chi connectivity index (χ1v) is 5.76. The first-order valence-electron chi connectivity index (χ1n) is 5.39. The van der Waals surface area contributed by atoms with Crippen molar-refractivity contribution >= 4 is 11.6 Å². The molecule has 0 aromatic heterocycles. The van der Waals surface area contributed by atoms with Gasteiger partial charge in [0.15, 0.2) is 0 Å². The first-order chi connectivity index (χ1) is 7.52. The van der Waals surface area contributed by atoms with Crippen LogP contribution >= 0.6 is 11.6 Å². The molecule has 0 N–H and O–H groups in total. The zero-order chi connectivity index (χ0) is 11.9. The van der Waals surface area contributed by atoms with Gasteiger partial charge in [-0.15, -0.1) is 0 Å². The third-order valence-electron chi connectivity index (χ3n) is 3.63. The smallest absolute Gasteiger partial charge is 0.130 e. The number of hydrogen-bond donors (Lipinski definition) is 0. The molecule has 0 unspecified atom stereocenters.